The quantitative estimate of drug-likeness (QED) is 0.621. The minimum absolute atomic E-state index is 0.0341. The lowest BCUT2D eigenvalue weighted by Crippen LogP contribution is -2.69. The van der Waals surface area contributed by atoms with E-state index in [9.17, 15) is 22.8 Å². The molecule has 0 bridgehead atoms. The Morgan fingerprint density at radius 2 is 1.87 bits per heavy atom. The van der Waals surface area contributed by atoms with Crippen molar-refractivity contribution in [2.75, 3.05) is 11.9 Å². The number of hydrogen-bond donors (Lipinski definition) is 2. The number of halogens is 3. The van der Waals surface area contributed by atoms with Crippen LogP contribution in [0.5, 0.6) is 0 Å². The number of anilines is 1. The summed E-state index contributed by atoms with van der Waals surface area (Å²) in [5, 5.41) is 3.81. The van der Waals surface area contributed by atoms with E-state index in [2.05, 4.69) is 10.1 Å². The Bertz CT molecular complexity index is 575. The van der Waals surface area contributed by atoms with Crippen molar-refractivity contribution in [1.82, 2.24) is 5.32 Å². The van der Waals surface area contributed by atoms with Crippen molar-refractivity contribution >= 4 is 17.6 Å². The lowest BCUT2D eigenvalue weighted by atomic mass is 10.1. The molecule has 128 valence electrons. The summed E-state index contributed by atoms with van der Waals surface area (Å²) in [5.41, 5.74) is -2.62. The minimum Gasteiger partial charge on any atom is -0.463 e. The van der Waals surface area contributed by atoms with E-state index < -0.39 is 23.7 Å². The zero-order valence-corrected chi connectivity index (χ0v) is 13.1. The highest BCUT2D eigenvalue weighted by molar-refractivity contribution is 5.91. The van der Waals surface area contributed by atoms with E-state index in [1.807, 2.05) is 0 Å². The van der Waals surface area contributed by atoms with Gasteiger partial charge < -0.3 is 15.4 Å². The lowest BCUT2D eigenvalue weighted by molar-refractivity contribution is -0.207. The summed E-state index contributed by atoms with van der Waals surface area (Å²) >= 11 is 0. The number of esters is 1. The van der Waals surface area contributed by atoms with Gasteiger partial charge in [0, 0.05) is 12.1 Å². The maximum absolute atomic E-state index is 13.7. The van der Waals surface area contributed by atoms with E-state index in [0.717, 1.165) is 0 Å². The Kier molecular flexibility index (Phi) is 6.00. The first-order valence-electron chi connectivity index (χ1n) is 7.06. The zero-order valence-electron chi connectivity index (χ0n) is 13.1. The van der Waals surface area contributed by atoms with Crippen LogP contribution in [0.15, 0.2) is 24.3 Å². The molecule has 5 nitrogen and oxygen atoms in total. The van der Waals surface area contributed by atoms with E-state index in [4.69, 9.17) is 0 Å². The summed E-state index contributed by atoms with van der Waals surface area (Å²) in [5.74, 6) is -2.55. The summed E-state index contributed by atoms with van der Waals surface area (Å²) in [7, 11) is 0. The summed E-state index contributed by atoms with van der Waals surface area (Å²) in [4.78, 5) is 23.6. The average molecular weight is 332 g/mol. The third-order valence-corrected chi connectivity index (χ3v) is 3.00. The van der Waals surface area contributed by atoms with E-state index in [1.165, 1.54) is 32.0 Å². The number of amides is 1. The van der Waals surface area contributed by atoms with Crippen molar-refractivity contribution in [2.45, 2.75) is 39.0 Å². The summed E-state index contributed by atoms with van der Waals surface area (Å²) in [6.45, 7) is 4.20. The van der Waals surface area contributed by atoms with Crippen molar-refractivity contribution in [3.63, 3.8) is 0 Å². The molecule has 8 heteroatoms. The van der Waals surface area contributed by atoms with Crippen molar-refractivity contribution in [2.24, 2.45) is 0 Å². The maximum Gasteiger partial charge on any atom is 0.441 e. The van der Waals surface area contributed by atoms with Gasteiger partial charge in [0.25, 0.3) is 0 Å². The van der Waals surface area contributed by atoms with Crippen LogP contribution in [0.25, 0.3) is 0 Å². The Balaban J connectivity index is 3.36. The predicted molar refractivity (Wildman–Crippen MR) is 78.7 cm³/mol. The third kappa shape index (κ3) is 4.37. The Hall–Kier alpha value is -2.25. The van der Waals surface area contributed by atoms with Gasteiger partial charge in [0.1, 0.15) is 0 Å². The molecule has 1 atom stereocenters. The summed E-state index contributed by atoms with van der Waals surface area (Å²) in [6, 6.07) is 6.02. The highest BCUT2D eigenvalue weighted by Crippen LogP contribution is 2.33. The molecule has 0 spiro atoms. The third-order valence-electron chi connectivity index (χ3n) is 3.00. The zero-order chi connectivity index (χ0) is 17.7. The first kappa shape index (κ1) is 18.8. The van der Waals surface area contributed by atoms with Crippen molar-refractivity contribution in [3.8, 4) is 0 Å². The highest BCUT2D eigenvalue weighted by Gasteiger charge is 2.63. The van der Waals surface area contributed by atoms with Crippen LogP contribution in [0, 0.1) is 6.92 Å². The molecular formula is C15H19F3N2O3. The molecule has 0 heterocycles. The monoisotopic (exact) mass is 332 g/mol. The summed E-state index contributed by atoms with van der Waals surface area (Å²) in [6.07, 6.45) is -5.32. The highest BCUT2D eigenvalue weighted by atomic mass is 19.4. The molecule has 1 aromatic rings. The minimum atomic E-state index is -5.10. The first-order valence-corrected chi connectivity index (χ1v) is 7.06. The van der Waals surface area contributed by atoms with Crippen LogP contribution in [0.4, 0.5) is 18.9 Å². The fourth-order valence-electron chi connectivity index (χ4n) is 1.87. The largest absolute Gasteiger partial charge is 0.463 e. The molecule has 1 unspecified atom stereocenters. The topological polar surface area (TPSA) is 67.4 Å². The molecule has 0 radical (unpaired) electrons. The molecule has 0 aromatic heterocycles. The molecule has 1 aromatic carbocycles. The van der Waals surface area contributed by atoms with E-state index >= 15 is 0 Å². The van der Waals surface area contributed by atoms with Crippen molar-refractivity contribution in [1.29, 1.82) is 0 Å². The predicted octanol–water partition coefficient (Wildman–Crippen LogP) is 2.75. The Labute approximate surface area is 132 Å². The summed E-state index contributed by atoms with van der Waals surface area (Å²) < 4.78 is 45.5. The van der Waals surface area contributed by atoms with Gasteiger partial charge in [-0.3, -0.25) is 4.79 Å². The number of benzene rings is 1. The number of alkyl halides is 3. The van der Waals surface area contributed by atoms with E-state index in [-0.39, 0.29) is 18.7 Å². The standard InChI is InChI=1S/C15H19F3N2O3/c1-4-12(21)20-14(15(16,17)18,13(22)23-5-2)19-11-8-6-7-10(3)9-11/h6-9,19H,4-5H2,1-3H3,(H,20,21). The number of hydrogen-bond acceptors (Lipinski definition) is 4. The van der Waals surface area contributed by atoms with Crippen molar-refractivity contribution in [3.05, 3.63) is 29.8 Å². The molecule has 2 N–H and O–H groups in total. The molecule has 0 aliphatic carbocycles. The molecule has 1 rings (SSSR count). The number of rotatable bonds is 6. The smallest absolute Gasteiger partial charge is 0.441 e. The van der Waals surface area contributed by atoms with Crippen LogP contribution in [-0.2, 0) is 14.3 Å². The van der Waals surface area contributed by atoms with E-state index in [0.29, 0.717) is 5.56 Å². The SMILES string of the molecule is CCOC(=O)C(NC(=O)CC)(Nc1cccc(C)c1)C(F)(F)F. The van der Waals surface area contributed by atoms with Crippen LogP contribution in [-0.4, -0.2) is 30.3 Å². The molecule has 0 aliphatic heterocycles. The second-order valence-electron chi connectivity index (χ2n) is 4.86. The molecular weight excluding hydrogens is 313 g/mol. The number of nitrogens with one attached hydrogen (secondary N) is 2. The molecule has 0 fully saturated rings. The fourth-order valence-corrected chi connectivity index (χ4v) is 1.87. The fraction of sp³-hybridized carbons (Fsp3) is 0.467. The molecule has 0 aliphatic rings. The first-order chi connectivity index (χ1) is 10.7. The van der Waals surface area contributed by atoms with Crippen molar-refractivity contribution < 1.29 is 27.5 Å². The van der Waals surface area contributed by atoms with Crippen LogP contribution in [0.1, 0.15) is 25.8 Å². The second-order valence-corrected chi connectivity index (χ2v) is 4.86. The van der Waals surface area contributed by atoms with Gasteiger partial charge >= 0.3 is 17.8 Å². The van der Waals surface area contributed by atoms with Crippen LogP contribution >= 0.6 is 0 Å². The van der Waals surface area contributed by atoms with Gasteiger partial charge in [0.2, 0.25) is 5.91 Å². The van der Waals surface area contributed by atoms with Gasteiger partial charge in [-0.15, -0.1) is 0 Å². The van der Waals surface area contributed by atoms with Gasteiger partial charge in [-0.05, 0) is 31.5 Å². The lowest BCUT2D eigenvalue weighted by Gasteiger charge is -2.35. The van der Waals surface area contributed by atoms with Crippen LogP contribution in [0.2, 0.25) is 0 Å². The van der Waals surface area contributed by atoms with Gasteiger partial charge in [0.15, 0.2) is 0 Å². The maximum atomic E-state index is 13.7. The number of ether oxygens (including phenoxy) is 1. The Morgan fingerprint density at radius 3 is 2.35 bits per heavy atom. The van der Waals surface area contributed by atoms with Gasteiger partial charge in [-0.1, -0.05) is 19.1 Å². The number of carbonyl (C=O) groups is 2. The molecule has 0 saturated carbocycles. The average Bonchev–Trinajstić information content (AvgIpc) is 2.45. The second kappa shape index (κ2) is 7.34. The van der Waals surface area contributed by atoms with Crippen LogP contribution in [0.3, 0.4) is 0 Å². The van der Waals surface area contributed by atoms with Gasteiger partial charge in [-0.25, -0.2) is 4.79 Å². The molecule has 23 heavy (non-hydrogen) atoms. The number of carbonyl (C=O) groups excluding carboxylic acids is 2. The van der Waals surface area contributed by atoms with Gasteiger partial charge in [0.05, 0.1) is 6.61 Å². The molecule has 0 saturated heterocycles. The van der Waals surface area contributed by atoms with E-state index in [1.54, 1.807) is 18.3 Å². The van der Waals surface area contributed by atoms with Gasteiger partial charge in [-0.2, -0.15) is 13.2 Å². The van der Waals surface area contributed by atoms with Crippen LogP contribution < -0.4 is 10.6 Å². The number of aryl methyl sites for hydroxylation is 1. The molecule has 1 amide bonds. The normalized spacial score (nSPS) is 13.8. The Morgan fingerprint density at radius 1 is 1.22 bits per heavy atom.